The van der Waals surface area contributed by atoms with Crippen LogP contribution in [0.3, 0.4) is 0 Å². The number of hydrazone groups is 1. The molecule has 0 bridgehead atoms. The Bertz CT molecular complexity index is 1170. The highest BCUT2D eigenvalue weighted by molar-refractivity contribution is 6.19. The van der Waals surface area contributed by atoms with E-state index in [4.69, 9.17) is 5.73 Å². The minimum Gasteiger partial charge on any atom is -0.383 e. The lowest BCUT2D eigenvalue weighted by molar-refractivity contribution is -0.422. The number of hydrogen-bond acceptors (Lipinski definition) is 3. The van der Waals surface area contributed by atoms with Gasteiger partial charge in [0.2, 0.25) is 5.69 Å². The molecular weight excluding hydrogens is 338 g/mol. The van der Waals surface area contributed by atoms with Crippen LogP contribution in [0.5, 0.6) is 0 Å². The molecular formula is C20H18N5Si+. The molecule has 2 radical (unpaired) electrons. The van der Waals surface area contributed by atoms with E-state index in [1.54, 1.807) is 10.5 Å². The van der Waals surface area contributed by atoms with Crippen molar-refractivity contribution in [3.05, 3.63) is 52.8 Å². The Labute approximate surface area is 155 Å². The summed E-state index contributed by atoms with van der Waals surface area (Å²) in [4.78, 5) is 4.14. The Morgan fingerprint density at radius 2 is 2.08 bits per heavy atom. The van der Waals surface area contributed by atoms with Crippen LogP contribution in [0.4, 0.5) is 11.5 Å². The number of fused-ring (bicyclic) bond motifs is 2. The molecule has 0 unspecified atom stereocenters. The zero-order chi connectivity index (χ0) is 18.4. The second kappa shape index (κ2) is 6.04. The van der Waals surface area contributed by atoms with Gasteiger partial charge in [-0.1, -0.05) is 12.8 Å². The van der Waals surface area contributed by atoms with Gasteiger partial charge in [0.05, 0.1) is 0 Å². The first-order chi connectivity index (χ1) is 12.5. The summed E-state index contributed by atoms with van der Waals surface area (Å²) in [6, 6.07) is 8.18. The third kappa shape index (κ3) is 2.40. The Morgan fingerprint density at radius 3 is 2.85 bits per heavy atom. The number of nitrogens with two attached hydrogens (primary N) is 1. The van der Waals surface area contributed by atoms with Crippen LogP contribution in [0.2, 0.25) is 0 Å². The minimum atomic E-state index is 0.429. The molecule has 0 aliphatic carbocycles. The standard InChI is InChI=1S/C20H18N5Si/c1-4-14-12(2)24(3)17-8-6-13(11-15(14)17)5-7-16-19-18(25(26)23-16)9-10-22-20(19)21/h6,8-11H,4H2,1-3H3,(H2,21,22)/q+1. The summed E-state index contributed by atoms with van der Waals surface area (Å²) in [5.41, 5.74) is 13.1. The molecule has 3 aromatic rings. The number of aromatic nitrogens is 2. The van der Waals surface area contributed by atoms with E-state index in [-0.39, 0.29) is 0 Å². The average molecular weight is 356 g/mol. The normalized spacial score (nSPS) is 12.7. The van der Waals surface area contributed by atoms with Crippen LogP contribution in [0.1, 0.15) is 29.3 Å². The molecule has 2 N–H and O–H groups in total. The molecule has 0 atom stereocenters. The first kappa shape index (κ1) is 16.4. The first-order valence-electron chi connectivity index (χ1n) is 8.46. The Hall–Kier alpha value is -3.04. The second-order valence-corrected chi connectivity index (χ2v) is 6.73. The van der Waals surface area contributed by atoms with Gasteiger partial charge in [-0.2, -0.15) is 0 Å². The maximum atomic E-state index is 6.01. The van der Waals surface area contributed by atoms with Crippen LogP contribution in [0.15, 0.2) is 35.6 Å². The maximum Gasteiger partial charge on any atom is 0.546 e. The highest BCUT2D eigenvalue weighted by Crippen LogP contribution is 2.29. The van der Waals surface area contributed by atoms with Crippen molar-refractivity contribution in [3.8, 4) is 11.8 Å². The Balaban J connectivity index is 1.79. The molecule has 0 saturated carbocycles. The molecule has 0 saturated heterocycles. The molecule has 0 amide bonds. The quantitative estimate of drug-likeness (QED) is 0.538. The van der Waals surface area contributed by atoms with E-state index in [9.17, 15) is 0 Å². The molecule has 0 fully saturated rings. The molecule has 0 spiro atoms. The maximum absolute atomic E-state index is 6.01. The van der Waals surface area contributed by atoms with Crippen molar-refractivity contribution < 1.29 is 4.33 Å². The van der Waals surface area contributed by atoms with Crippen LogP contribution in [0.25, 0.3) is 10.9 Å². The number of benzene rings is 1. The predicted molar refractivity (Wildman–Crippen MR) is 105 cm³/mol. The van der Waals surface area contributed by atoms with Crippen molar-refractivity contribution in [2.75, 3.05) is 5.73 Å². The van der Waals surface area contributed by atoms with E-state index in [0.29, 0.717) is 11.5 Å². The number of rotatable bonds is 1. The van der Waals surface area contributed by atoms with Crippen molar-refractivity contribution in [1.29, 1.82) is 0 Å². The van der Waals surface area contributed by atoms with Crippen LogP contribution >= 0.6 is 0 Å². The number of nitrogens with zero attached hydrogens (tertiary/aromatic N) is 4. The van der Waals surface area contributed by atoms with E-state index >= 15 is 0 Å². The van der Waals surface area contributed by atoms with Gasteiger partial charge in [-0.3, -0.25) is 0 Å². The van der Waals surface area contributed by atoms with Crippen LogP contribution in [-0.2, 0) is 13.5 Å². The van der Waals surface area contributed by atoms with Gasteiger partial charge in [0.15, 0.2) is 5.71 Å². The zero-order valence-electron chi connectivity index (χ0n) is 15.0. The van der Waals surface area contributed by atoms with Gasteiger partial charge in [0.25, 0.3) is 0 Å². The number of hydrogen-bond donors (Lipinski definition) is 1. The van der Waals surface area contributed by atoms with Crippen LogP contribution in [-0.4, -0.2) is 29.6 Å². The summed E-state index contributed by atoms with van der Waals surface area (Å²) in [5, 5.41) is 5.67. The van der Waals surface area contributed by atoms with Crippen LogP contribution < -0.4 is 5.73 Å². The molecule has 26 heavy (non-hydrogen) atoms. The molecule has 2 aromatic heterocycles. The molecule has 5 nitrogen and oxygen atoms in total. The summed E-state index contributed by atoms with van der Waals surface area (Å²) in [7, 11) is 5.55. The third-order valence-electron chi connectivity index (χ3n) is 4.92. The molecule has 3 heterocycles. The molecule has 6 heteroatoms. The van der Waals surface area contributed by atoms with Gasteiger partial charge in [0.1, 0.15) is 11.4 Å². The summed E-state index contributed by atoms with van der Waals surface area (Å²) < 4.78 is 3.83. The van der Waals surface area contributed by atoms with E-state index in [2.05, 4.69) is 69.6 Å². The smallest absolute Gasteiger partial charge is 0.383 e. The number of nitrogen functional groups attached to an aromatic ring is 1. The van der Waals surface area contributed by atoms with E-state index in [0.717, 1.165) is 23.2 Å². The second-order valence-electron chi connectivity index (χ2n) is 6.31. The van der Waals surface area contributed by atoms with Gasteiger partial charge >= 0.3 is 10.0 Å². The number of aryl methyl sites for hydroxylation is 2. The Kier molecular flexibility index (Phi) is 3.82. The fourth-order valence-electron chi connectivity index (χ4n) is 3.48. The van der Waals surface area contributed by atoms with Crippen molar-refractivity contribution >= 4 is 38.2 Å². The fourth-order valence-corrected chi connectivity index (χ4v) is 3.77. The van der Waals surface area contributed by atoms with Gasteiger partial charge in [0, 0.05) is 41.5 Å². The van der Waals surface area contributed by atoms with E-state index < -0.39 is 0 Å². The van der Waals surface area contributed by atoms with Crippen LogP contribution in [0, 0.1) is 18.8 Å². The number of anilines is 1. The molecule has 1 aliphatic rings. The first-order valence-corrected chi connectivity index (χ1v) is 8.90. The summed E-state index contributed by atoms with van der Waals surface area (Å²) >= 11 is 0. The monoisotopic (exact) mass is 356 g/mol. The average Bonchev–Trinajstić information content (AvgIpc) is 3.09. The van der Waals surface area contributed by atoms with Gasteiger partial charge in [-0.25, -0.2) is 4.98 Å². The topological polar surface area (TPSA) is 59.2 Å². The molecule has 4 rings (SSSR count). The van der Waals surface area contributed by atoms with E-state index in [1.165, 1.54) is 22.2 Å². The summed E-state index contributed by atoms with van der Waals surface area (Å²) in [6.07, 6.45) is 2.66. The largest absolute Gasteiger partial charge is 0.546 e. The summed E-state index contributed by atoms with van der Waals surface area (Å²) in [6.45, 7) is 4.35. The molecule has 1 aromatic carbocycles. The summed E-state index contributed by atoms with van der Waals surface area (Å²) in [5.74, 6) is 6.80. The molecule has 126 valence electrons. The highest BCUT2D eigenvalue weighted by Gasteiger charge is 2.28. The lowest BCUT2D eigenvalue weighted by atomic mass is 10.1. The van der Waals surface area contributed by atoms with Gasteiger partial charge in [-0.15, -0.1) is 4.33 Å². The predicted octanol–water partition coefficient (Wildman–Crippen LogP) is 2.79. The van der Waals surface area contributed by atoms with E-state index in [1.807, 2.05) is 12.1 Å². The number of pyridine rings is 1. The van der Waals surface area contributed by atoms with Gasteiger partial charge in [-0.05, 0) is 48.1 Å². The molecule has 1 aliphatic heterocycles. The Morgan fingerprint density at radius 1 is 1.27 bits per heavy atom. The highest BCUT2D eigenvalue weighted by atomic mass is 28.1. The van der Waals surface area contributed by atoms with Gasteiger partial charge < -0.3 is 10.3 Å². The fraction of sp³-hybridized carbons (Fsp3) is 0.200. The van der Waals surface area contributed by atoms with Crippen molar-refractivity contribution in [2.24, 2.45) is 12.1 Å². The minimum absolute atomic E-state index is 0.429. The lowest BCUT2D eigenvalue weighted by Crippen LogP contribution is -2.01. The van der Waals surface area contributed by atoms with Crippen molar-refractivity contribution in [3.63, 3.8) is 0 Å². The SMILES string of the molecule is CCc1c(C)n(C)c2ccc(C#CC3=N[N+](=[Si])c4ccnc(N)c43)cc12. The van der Waals surface area contributed by atoms with Crippen molar-refractivity contribution in [2.45, 2.75) is 20.3 Å². The zero-order valence-corrected chi connectivity index (χ0v) is 16.0. The lowest BCUT2D eigenvalue weighted by Gasteiger charge is -1.98. The third-order valence-corrected chi connectivity index (χ3v) is 5.27. The van der Waals surface area contributed by atoms with Crippen molar-refractivity contribution in [1.82, 2.24) is 9.55 Å².